The first kappa shape index (κ1) is 10.8. The Kier molecular flexibility index (Phi) is 2.91. The van der Waals surface area contributed by atoms with Crippen LogP contribution in [0.4, 0.5) is 5.00 Å². The minimum Gasteiger partial charge on any atom is -0.391 e. The lowest BCUT2D eigenvalue weighted by Crippen LogP contribution is -1.79. The van der Waals surface area contributed by atoms with Crippen molar-refractivity contribution in [3.8, 4) is 11.1 Å². The van der Waals surface area contributed by atoms with Crippen molar-refractivity contribution in [2.24, 2.45) is 0 Å². The van der Waals surface area contributed by atoms with E-state index in [1.165, 1.54) is 0 Å². The molecule has 0 unspecified atom stereocenters. The van der Waals surface area contributed by atoms with Gasteiger partial charge in [0.05, 0.1) is 5.00 Å². The Bertz CT molecular complexity index is 505. The van der Waals surface area contributed by atoms with Crippen LogP contribution in [0.5, 0.6) is 0 Å². The quantitative estimate of drug-likeness (QED) is 0.793. The maximum Gasteiger partial charge on any atom is 0.0865 e. The van der Waals surface area contributed by atoms with Crippen molar-refractivity contribution < 1.29 is 0 Å². The van der Waals surface area contributed by atoms with E-state index in [-0.39, 0.29) is 0 Å². The van der Waals surface area contributed by atoms with Crippen molar-refractivity contribution in [2.45, 2.75) is 6.92 Å². The van der Waals surface area contributed by atoms with E-state index in [9.17, 15) is 0 Å². The van der Waals surface area contributed by atoms with Crippen LogP contribution >= 0.6 is 34.5 Å². The van der Waals surface area contributed by atoms with Gasteiger partial charge in [-0.2, -0.15) is 0 Å². The molecule has 2 N–H and O–H groups in total. The Hall–Kier alpha value is -0.700. The summed E-state index contributed by atoms with van der Waals surface area (Å²) >= 11 is 13.5. The third kappa shape index (κ3) is 2.12. The first-order valence-electron chi connectivity index (χ1n) is 4.39. The molecule has 0 spiro atoms. The zero-order valence-electron chi connectivity index (χ0n) is 8.05. The van der Waals surface area contributed by atoms with Gasteiger partial charge in [-0.05, 0) is 30.7 Å². The monoisotopic (exact) mass is 257 g/mol. The molecule has 2 aromatic rings. The number of halogens is 2. The summed E-state index contributed by atoms with van der Waals surface area (Å²) in [6.45, 7) is 2.03. The van der Waals surface area contributed by atoms with Gasteiger partial charge < -0.3 is 5.73 Å². The van der Waals surface area contributed by atoms with Gasteiger partial charge in [0.2, 0.25) is 0 Å². The number of thiophene rings is 1. The lowest BCUT2D eigenvalue weighted by atomic mass is 10.1. The minimum absolute atomic E-state index is 0.643. The van der Waals surface area contributed by atoms with E-state index in [0.717, 1.165) is 21.0 Å². The molecule has 15 heavy (non-hydrogen) atoms. The average Bonchev–Trinajstić information content (AvgIpc) is 2.45. The fraction of sp³-hybridized carbons (Fsp3) is 0.0909. The Morgan fingerprint density at radius 2 is 1.87 bits per heavy atom. The molecule has 1 aromatic heterocycles. The molecule has 0 amide bonds. The molecule has 0 aliphatic heterocycles. The van der Waals surface area contributed by atoms with Crippen molar-refractivity contribution >= 4 is 39.5 Å². The molecule has 0 bridgehead atoms. The number of benzene rings is 1. The van der Waals surface area contributed by atoms with Crippen LogP contribution in [0.3, 0.4) is 0 Å². The van der Waals surface area contributed by atoms with Crippen LogP contribution in [0.2, 0.25) is 10.0 Å². The molecule has 1 heterocycles. The van der Waals surface area contributed by atoms with Crippen LogP contribution in [0.25, 0.3) is 11.1 Å². The Morgan fingerprint density at radius 1 is 1.13 bits per heavy atom. The molecule has 0 aliphatic rings. The SMILES string of the molecule is Cc1sc(N)cc1-c1ccc(Cl)cc1Cl. The molecular formula is C11H9Cl2NS. The standard InChI is InChI=1S/C11H9Cl2NS/c1-6-9(5-11(14)15-6)8-3-2-7(12)4-10(8)13/h2-5H,14H2,1H3. The molecular weight excluding hydrogens is 249 g/mol. The highest BCUT2D eigenvalue weighted by Crippen LogP contribution is 2.37. The highest BCUT2D eigenvalue weighted by Gasteiger charge is 2.09. The van der Waals surface area contributed by atoms with Gasteiger partial charge in [-0.1, -0.05) is 29.3 Å². The summed E-state index contributed by atoms with van der Waals surface area (Å²) in [5.74, 6) is 0. The number of nitrogens with two attached hydrogens (primary N) is 1. The molecule has 1 nitrogen and oxygen atoms in total. The van der Waals surface area contributed by atoms with Crippen LogP contribution in [0.1, 0.15) is 4.88 Å². The number of hydrogen-bond donors (Lipinski definition) is 1. The summed E-state index contributed by atoms with van der Waals surface area (Å²) in [5, 5.41) is 2.10. The molecule has 0 aliphatic carbocycles. The zero-order valence-corrected chi connectivity index (χ0v) is 10.4. The first-order chi connectivity index (χ1) is 7.08. The zero-order chi connectivity index (χ0) is 11.0. The average molecular weight is 258 g/mol. The van der Waals surface area contributed by atoms with Crippen molar-refractivity contribution in [2.75, 3.05) is 5.73 Å². The van der Waals surface area contributed by atoms with Crippen LogP contribution < -0.4 is 5.73 Å². The molecule has 78 valence electrons. The van der Waals surface area contributed by atoms with E-state index >= 15 is 0 Å². The summed E-state index contributed by atoms with van der Waals surface area (Å²) < 4.78 is 0. The predicted octanol–water partition coefficient (Wildman–Crippen LogP) is 4.61. The fourth-order valence-electron chi connectivity index (χ4n) is 1.48. The van der Waals surface area contributed by atoms with E-state index in [2.05, 4.69) is 0 Å². The number of hydrogen-bond acceptors (Lipinski definition) is 2. The third-order valence-corrected chi connectivity index (χ3v) is 3.59. The second-order valence-electron chi connectivity index (χ2n) is 3.24. The highest BCUT2D eigenvalue weighted by atomic mass is 35.5. The van der Waals surface area contributed by atoms with E-state index in [0.29, 0.717) is 10.0 Å². The van der Waals surface area contributed by atoms with Crippen LogP contribution in [-0.4, -0.2) is 0 Å². The molecule has 0 radical (unpaired) electrons. The number of nitrogen functional groups attached to an aromatic ring is 1. The van der Waals surface area contributed by atoms with Crippen LogP contribution in [0.15, 0.2) is 24.3 Å². The van der Waals surface area contributed by atoms with Gasteiger partial charge in [-0.15, -0.1) is 11.3 Å². The van der Waals surface area contributed by atoms with E-state index in [1.54, 1.807) is 17.4 Å². The van der Waals surface area contributed by atoms with E-state index < -0.39 is 0 Å². The number of rotatable bonds is 1. The number of anilines is 1. The molecule has 0 fully saturated rings. The second kappa shape index (κ2) is 4.05. The van der Waals surface area contributed by atoms with E-state index in [4.69, 9.17) is 28.9 Å². The summed E-state index contributed by atoms with van der Waals surface area (Å²) in [7, 11) is 0. The molecule has 2 rings (SSSR count). The smallest absolute Gasteiger partial charge is 0.0865 e. The summed E-state index contributed by atoms with van der Waals surface area (Å²) in [6.07, 6.45) is 0. The van der Waals surface area contributed by atoms with Gasteiger partial charge in [0.1, 0.15) is 0 Å². The van der Waals surface area contributed by atoms with Gasteiger partial charge >= 0.3 is 0 Å². The molecule has 1 aromatic carbocycles. The topological polar surface area (TPSA) is 26.0 Å². The van der Waals surface area contributed by atoms with Crippen molar-refractivity contribution in [3.05, 3.63) is 39.2 Å². The van der Waals surface area contributed by atoms with Crippen molar-refractivity contribution in [1.82, 2.24) is 0 Å². The van der Waals surface area contributed by atoms with Gasteiger partial charge in [0.25, 0.3) is 0 Å². The van der Waals surface area contributed by atoms with Gasteiger partial charge in [-0.25, -0.2) is 0 Å². The largest absolute Gasteiger partial charge is 0.391 e. The van der Waals surface area contributed by atoms with Crippen molar-refractivity contribution in [1.29, 1.82) is 0 Å². The Morgan fingerprint density at radius 3 is 2.40 bits per heavy atom. The lowest BCUT2D eigenvalue weighted by molar-refractivity contribution is 1.58. The van der Waals surface area contributed by atoms with Crippen LogP contribution in [0, 0.1) is 6.92 Å². The molecule has 4 heteroatoms. The maximum absolute atomic E-state index is 6.12. The predicted molar refractivity (Wildman–Crippen MR) is 68.9 cm³/mol. The second-order valence-corrected chi connectivity index (χ2v) is 5.37. The minimum atomic E-state index is 0.643. The van der Waals surface area contributed by atoms with E-state index in [1.807, 2.05) is 25.1 Å². The molecule has 0 saturated heterocycles. The first-order valence-corrected chi connectivity index (χ1v) is 5.96. The van der Waals surface area contributed by atoms with Gasteiger partial charge in [0.15, 0.2) is 0 Å². The Labute approximate surface area is 102 Å². The third-order valence-electron chi connectivity index (χ3n) is 2.16. The summed E-state index contributed by atoms with van der Waals surface area (Å²) in [4.78, 5) is 1.16. The van der Waals surface area contributed by atoms with Crippen LogP contribution in [-0.2, 0) is 0 Å². The molecule has 0 saturated carbocycles. The lowest BCUT2D eigenvalue weighted by Gasteiger charge is -2.03. The number of aryl methyl sites for hydroxylation is 1. The van der Waals surface area contributed by atoms with Gasteiger partial charge in [0, 0.05) is 20.5 Å². The van der Waals surface area contributed by atoms with Gasteiger partial charge in [-0.3, -0.25) is 0 Å². The maximum atomic E-state index is 6.12. The Balaban J connectivity index is 2.59. The highest BCUT2D eigenvalue weighted by molar-refractivity contribution is 7.16. The summed E-state index contributed by atoms with van der Waals surface area (Å²) in [6, 6.07) is 7.43. The fourth-order valence-corrected chi connectivity index (χ4v) is 2.80. The molecule has 0 atom stereocenters. The summed E-state index contributed by atoms with van der Waals surface area (Å²) in [5.41, 5.74) is 7.81. The van der Waals surface area contributed by atoms with Crippen molar-refractivity contribution in [3.63, 3.8) is 0 Å². The normalized spacial score (nSPS) is 10.6.